The molecule has 0 spiro atoms. The smallest absolute Gasteiger partial charge is 0.162 e. The van der Waals surface area contributed by atoms with Gasteiger partial charge in [-0.25, -0.2) is 8.78 Å². The Morgan fingerprint density at radius 2 is 2.21 bits per heavy atom. The molecule has 1 heterocycles. The molecule has 19 heavy (non-hydrogen) atoms. The van der Waals surface area contributed by atoms with Crippen molar-refractivity contribution in [1.82, 2.24) is 5.32 Å². The SMILES string of the molecule is CCCNC1CCOCC1Cc1cccc(F)c1F. The van der Waals surface area contributed by atoms with Gasteiger partial charge < -0.3 is 10.1 Å². The molecule has 1 aliphatic rings. The van der Waals surface area contributed by atoms with E-state index in [2.05, 4.69) is 12.2 Å². The van der Waals surface area contributed by atoms with Crippen LogP contribution in [0.25, 0.3) is 0 Å². The Kier molecular flexibility index (Phi) is 5.28. The number of ether oxygens (including phenoxy) is 1. The molecule has 0 amide bonds. The number of halogens is 2. The van der Waals surface area contributed by atoms with Crippen LogP contribution in [0.3, 0.4) is 0 Å². The first-order valence-electron chi connectivity index (χ1n) is 6.96. The average molecular weight is 269 g/mol. The van der Waals surface area contributed by atoms with E-state index in [1.165, 1.54) is 0 Å². The number of benzene rings is 1. The third-order valence-electron chi connectivity index (χ3n) is 3.64. The highest BCUT2D eigenvalue weighted by molar-refractivity contribution is 5.20. The van der Waals surface area contributed by atoms with Gasteiger partial charge in [-0.15, -0.1) is 0 Å². The predicted octanol–water partition coefficient (Wildman–Crippen LogP) is 2.91. The number of rotatable bonds is 5. The average Bonchev–Trinajstić information content (AvgIpc) is 2.43. The normalized spacial score (nSPS) is 23.5. The second kappa shape index (κ2) is 6.96. The van der Waals surface area contributed by atoms with Crippen molar-refractivity contribution < 1.29 is 13.5 Å². The first-order chi connectivity index (χ1) is 9.22. The van der Waals surface area contributed by atoms with Gasteiger partial charge in [0.05, 0.1) is 6.61 Å². The molecule has 2 unspecified atom stereocenters. The molecular formula is C15H21F2NO. The molecule has 0 radical (unpaired) electrons. The molecule has 0 aromatic heterocycles. The van der Waals surface area contributed by atoms with Crippen molar-refractivity contribution in [1.29, 1.82) is 0 Å². The summed E-state index contributed by atoms with van der Waals surface area (Å²) in [5, 5.41) is 3.48. The van der Waals surface area contributed by atoms with Gasteiger partial charge in [-0.3, -0.25) is 0 Å². The van der Waals surface area contributed by atoms with Crippen LogP contribution in [0, 0.1) is 17.6 Å². The summed E-state index contributed by atoms with van der Waals surface area (Å²) in [5.41, 5.74) is 0.443. The number of nitrogens with one attached hydrogen (secondary N) is 1. The zero-order valence-electron chi connectivity index (χ0n) is 11.3. The third-order valence-corrected chi connectivity index (χ3v) is 3.64. The lowest BCUT2D eigenvalue weighted by Crippen LogP contribution is -2.44. The van der Waals surface area contributed by atoms with Crippen LogP contribution in [0.2, 0.25) is 0 Å². The molecule has 1 N–H and O–H groups in total. The Morgan fingerprint density at radius 3 is 3.00 bits per heavy atom. The number of hydrogen-bond acceptors (Lipinski definition) is 2. The van der Waals surface area contributed by atoms with Gasteiger partial charge in [-0.2, -0.15) is 0 Å². The first kappa shape index (κ1) is 14.4. The molecule has 4 heteroatoms. The quantitative estimate of drug-likeness (QED) is 0.887. The Morgan fingerprint density at radius 1 is 1.37 bits per heavy atom. The van der Waals surface area contributed by atoms with Gasteiger partial charge in [0.2, 0.25) is 0 Å². The third kappa shape index (κ3) is 3.74. The Bertz CT molecular complexity index is 411. The van der Waals surface area contributed by atoms with Crippen LogP contribution in [0.15, 0.2) is 18.2 Å². The summed E-state index contributed by atoms with van der Waals surface area (Å²) in [5.74, 6) is -1.29. The topological polar surface area (TPSA) is 21.3 Å². The molecule has 106 valence electrons. The summed E-state index contributed by atoms with van der Waals surface area (Å²) in [6.45, 7) is 4.42. The fourth-order valence-corrected chi connectivity index (χ4v) is 2.59. The van der Waals surface area contributed by atoms with E-state index in [1.54, 1.807) is 12.1 Å². The van der Waals surface area contributed by atoms with Gasteiger partial charge in [0.1, 0.15) is 0 Å². The standard InChI is InChI=1S/C15H21F2NO/c1-2-7-18-14-6-8-19-10-12(14)9-11-4-3-5-13(16)15(11)17/h3-5,12,14,18H,2,6-10H2,1H3. The Labute approximate surface area is 113 Å². The van der Waals surface area contributed by atoms with E-state index in [9.17, 15) is 8.78 Å². The van der Waals surface area contributed by atoms with Crippen LogP contribution in [0.4, 0.5) is 8.78 Å². The monoisotopic (exact) mass is 269 g/mol. The molecule has 0 saturated carbocycles. The summed E-state index contributed by atoms with van der Waals surface area (Å²) in [7, 11) is 0. The maximum absolute atomic E-state index is 13.7. The van der Waals surface area contributed by atoms with Gasteiger partial charge in [0, 0.05) is 18.6 Å². The van der Waals surface area contributed by atoms with Gasteiger partial charge in [-0.05, 0) is 37.4 Å². The van der Waals surface area contributed by atoms with E-state index in [0.29, 0.717) is 24.6 Å². The Hall–Kier alpha value is -1.00. The lowest BCUT2D eigenvalue weighted by molar-refractivity contribution is 0.0319. The fraction of sp³-hybridized carbons (Fsp3) is 0.600. The van der Waals surface area contributed by atoms with Crippen LogP contribution < -0.4 is 5.32 Å². The van der Waals surface area contributed by atoms with Crippen LogP contribution in [0.1, 0.15) is 25.3 Å². The van der Waals surface area contributed by atoms with Crippen molar-refractivity contribution in [3.8, 4) is 0 Å². The van der Waals surface area contributed by atoms with Crippen molar-refractivity contribution >= 4 is 0 Å². The minimum absolute atomic E-state index is 0.205. The molecule has 0 aliphatic carbocycles. The molecule has 2 nitrogen and oxygen atoms in total. The lowest BCUT2D eigenvalue weighted by atomic mass is 9.89. The highest BCUT2D eigenvalue weighted by atomic mass is 19.2. The lowest BCUT2D eigenvalue weighted by Gasteiger charge is -2.32. The maximum atomic E-state index is 13.7. The zero-order chi connectivity index (χ0) is 13.7. The second-order valence-electron chi connectivity index (χ2n) is 5.10. The second-order valence-corrected chi connectivity index (χ2v) is 5.10. The van der Waals surface area contributed by atoms with Crippen molar-refractivity contribution in [3.63, 3.8) is 0 Å². The summed E-state index contributed by atoms with van der Waals surface area (Å²) in [6, 6.07) is 4.70. The van der Waals surface area contributed by atoms with Gasteiger partial charge in [0.25, 0.3) is 0 Å². The van der Waals surface area contributed by atoms with E-state index in [0.717, 1.165) is 32.1 Å². The van der Waals surface area contributed by atoms with Crippen LogP contribution in [-0.4, -0.2) is 25.8 Å². The minimum Gasteiger partial charge on any atom is -0.381 e. The molecule has 2 rings (SSSR count). The van der Waals surface area contributed by atoms with Crippen LogP contribution in [-0.2, 0) is 11.2 Å². The molecule has 1 aromatic rings. The van der Waals surface area contributed by atoms with Crippen molar-refractivity contribution in [2.75, 3.05) is 19.8 Å². The van der Waals surface area contributed by atoms with Crippen molar-refractivity contribution in [2.24, 2.45) is 5.92 Å². The largest absolute Gasteiger partial charge is 0.381 e. The van der Waals surface area contributed by atoms with Crippen molar-refractivity contribution in [3.05, 3.63) is 35.4 Å². The molecule has 1 aromatic carbocycles. The van der Waals surface area contributed by atoms with Crippen LogP contribution >= 0.6 is 0 Å². The van der Waals surface area contributed by atoms with Crippen LogP contribution in [0.5, 0.6) is 0 Å². The van der Waals surface area contributed by atoms with E-state index < -0.39 is 11.6 Å². The van der Waals surface area contributed by atoms with Gasteiger partial charge in [-0.1, -0.05) is 19.1 Å². The molecule has 2 atom stereocenters. The molecular weight excluding hydrogens is 248 g/mol. The van der Waals surface area contributed by atoms with E-state index in [4.69, 9.17) is 4.74 Å². The summed E-state index contributed by atoms with van der Waals surface area (Å²) < 4.78 is 32.4. The molecule has 1 fully saturated rings. The summed E-state index contributed by atoms with van der Waals surface area (Å²) in [4.78, 5) is 0. The highest BCUT2D eigenvalue weighted by Crippen LogP contribution is 2.22. The highest BCUT2D eigenvalue weighted by Gasteiger charge is 2.26. The fourth-order valence-electron chi connectivity index (χ4n) is 2.59. The summed E-state index contributed by atoms with van der Waals surface area (Å²) >= 11 is 0. The van der Waals surface area contributed by atoms with Gasteiger partial charge in [0.15, 0.2) is 11.6 Å². The Balaban J connectivity index is 2.04. The first-order valence-corrected chi connectivity index (χ1v) is 6.96. The molecule has 0 bridgehead atoms. The maximum Gasteiger partial charge on any atom is 0.162 e. The van der Waals surface area contributed by atoms with Gasteiger partial charge >= 0.3 is 0 Å². The van der Waals surface area contributed by atoms with E-state index in [-0.39, 0.29) is 5.92 Å². The van der Waals surface area contributed by atoms with E-state index in [1.807, 2.05) is 0 Å². The number of hydrogen-bond donors (Lipinski definition) is 1. The molecule has 1 saturated heterocycles. The van der Waals surface area contributed by atoms with Crippen molar-refractivity contribution in [2.45, 2.75) is 32.2 Å². The predicted molar refractivity (Wildman–Crippen MR) is 71.1 cm³/mol. The summed E-state index contributed by atoms with van der Waals surface area (Å²) in [6.07, 6.45) is 2.52. The zero-order valence-corrected chi connectivity index (χ0v) is 11.3. The minimum atomic E-state index is -0.771. The molecule has 1 aliphatic heterocycles. The van der Waals surface area contributed by atoms with E-state index >= 15 is 0 Å².